The summed E-state index contributed by atoms with van der Waals surface area (Å²) in [6, 6.07) is 7.60. The molecule has 1 aromatic carbocycles. The van der Waals surface area contributed by atoms with E-state index in [-0.39, 0.29) is 12.2 Å². The molecule has 0 saturated carbocycles. The molecule has 0 radical (unpaired) electrons. The summed E-state index contributed by atoms with van der Waals surface area (Å²) in [6.07, 6.45) is 0. The highest BCUT2D eigenvalue weighted by atomic mass is 79.9. The number of nitrogens with zero attached hydrogens (tertiary/aromatic N) is 1. The molecule has 6 heteroatoms. The number of aromatic nitrogens is 1. The van der Waals surface area contributed by atoms with Crippen molar-refractivity contribution in [3.05, 3.63) is 52.1 Å². The Bertz CT molecular complexity index is 570. The van der Waals surface area contributed by atoms with Crippen molar-refractivity contribution in [2.75, 3.05) is 12.4 Å². The number of benzene rings is 1. The van der Waals surface area contributed by atoms with E-state index in [0.717, 1.165) is 0 Å². The highest BCUT2D eigenvalue weighted by molar-refractivity contribution is 9.10. The molecule has 0 aliphatic rings. The lowest BCUT2D eigenvalue weighted by molar-refractivity contribution is 0.396. The first-order valence-corrected chi connectivity index (χ1v) is 6.28. The van der Waals surface area contributed by atoms with E-state index in [1.165, 1.54) is 19.2 Å². The molecule has 0 atom stereocenters. The third-order valence-electron chi connectivity index (χ3n) is 2.44. The van der Waals surface area contributed by atoms with Gasteiger partial charge >= 0.3 is 0 Å². The van der Waals surface area contributed by atoms with Crippen molar-refractivity contribution in [1.82, 2.24) is 4.98 Å². The fraction of sp³-hybridized carbons (Fsp3) is 0.154. The van der Waals surface area contributed by atoms with Gasteiger partial charge in [-0.25, -0.2) is 13.8 Å². The van der Waals surface area contributed by atoms with E-state index in [0.29, 0.717) is 16.0 Å². The minimum absolute atomic E-state index is 0.173. The summed E-state index contributed by atoms with van der Waals surface area (Å²) in [4.78, 5) is 4.14. The Balaban J connectivity index is 2.14. The molecule has 1 aromatic heterocycles. The monoisotopic (exact) mass is 328 g/mol. The lowest BCUT2D eigenvalue weighted by Gasteiger charge is -2.09. The van der Waals surface area contributed by atoms with Gasteiger partial charge in [0.1, 0.15) is 17.3 Å². The topological polar surface area (TPSA) is 34.1 Å². The first kappa shape index (κ1) is 13.7. The lowest BCUT2D eigenvalue weighted by Crippen LogP contribution is -2.06. The minimum atomic E-state index is -0.658. The van der Waals surface area contributed by atoms with Crippen LogP contribution in [0, 0.1) is 11.6 Å². The van der Waals surface area contributed by atoms with Crippen molar-refractivity contribution in [3.8, 4) is 5.88 Å². The molecule has 1 heterocycles. The number of methoxy groups -OCH3 is 1. The van der Waals surface area contributed by atoms with Gasteiger partial charge < -0.3 is 10.1 Å². The summed E-state index contributed by atoms with van der Waals surface area (Å²) in [7, 11) is 1.51. The van der Waals surface area contributed by atoms with Crippen LogP contribution in [-0.4, -0.2) is 12.1 Å². The van der Waals surface area contributed by atoms with Crippen LogP contribution in [0.1, 0.15) is 5.69 Å². The lowest BCUT2D eigenvalue weighted by atomic mass is 10.2. The maximum absolute atomic E-state index is 13.6. The summed E-state index contributed by atoms with van der Waals surface area (Å²) in [5, 5.41) is 2.69. The smallest absolute Gasteiger partial charge is 0.213 e. The van der Waals surface area contributed by atoms with Crippen molar-refractivity contribution >= 4 is 21.6 Å². The van der Waals surface area contributed by atoms with E-state index < -0.39 is 11.6 Å². The molecule has 100 valence electrons. The number of anilines is 1. The van der Waals surface area contributed by atoms with Crippen LogP contribution < -0.4 is 10.1 Å². The molecule has 19 heavy (non-hydrogen) atoms. The Hall–Kier alpha value is -1.69. The van der Waals surface area contributed by atoms with Crippen LogP contribution in [0.2, 0.25) is 0 Å². The largest absolute Gasteiger partial charge is 0.481 e. The van der Waals surface area contributed by atoms with Crippen LogP contribution in [0.3, 0.4) is 0 Å². The van der Waals surface area contributed by atoms with Crippen LogP contribution in [0.5, 0.6) is 5.88 Å². The zero-order chi connectivity index (χ0) is 13.8. The quantitative estimate of drug-likeness (QED) is 0.928. The van der Waals surface area contributed by atoms with Gasteiger partial charge in [-0.15, -0.1) is 0 Å². The second-order valence-electron chi connectivity index (χ2n) is 3.77. The number of hydrogen-bond acceptors (Lipinski definition) is 3. The number of ether oxygens (including phenoxy) is 1. The highest BCUT2D eigenvalue weighted by Crippen LogP contribution is 2.24. The molecule has 0 aliphatic carbocycles. The molecule has 0 bridgehead atoms. The van der Waals surface area contributed by atoms with Crippen LogP contribution >= 0.6 is 15.9 Å². The van der Waals surface area contributed by atoms with Gasteiger partial charge in [-0.3, -0.25) is 0 Å². The van der Waals surface area contributed by atoms with Gasteiger partial charge in [0.05, 0.1) is 19.3 Å². The maximum atomic E-state index is 13.6. The zero-order valence-corrected chi connectivity index (χ0v) is 11.7. The molecule has 0 fully saturated rings. The molecule has 0 unspecified atom stereocenters. The van der Waals surface area contributed by atoms with Crippen LogP contribution in [0.4, 0.5) is 14.5 Å². The van der Waals surface area contributed by atoms with E-state index >= 15 is 0 Å². The maximum Gasteiger partial charge on any atom is 0.213 e. The van der Waals surface area contributed by atoms with E-state index in [2.05, 4.69) is 26.2 Å². The second kappa shape index (κ2) is 5.97. The predicted octanol–water partition coefficient (Wildman–Crippen LogP) is 3.74. The first-order chi connectivity index (χ1) is 9.10. The molecule has 0 spiro atoms. The highest BCUT2D eigenvalue weighted by Gasteiger charge is 2.10. The molecule has 2 rings (SSSR count). The van der Waals surface area contributed by atoms with Gasteiger partial charge in [0.15, 0.2) is 0 Å². The number of hydrogen-bond donors (Lipinski definition) is 1. The van der Waals surface area contributed by atoms with Crippen molar-refractivity contribution in [2.45, 2.75) is 6.54 Å². The average Bonchev–Trinajstić information content (AvgIpc) is 2.37. The van der Waals surface area contributed by atoms with Crippen molar-refractivity contribution in [2.24, 2.45) is 0 Å². The van der Waals surface area contributed by atoms with Crippen molar-refractivity contribution in [1.29, 1.82) is 0 Å². The van der Waals surface area contributed by atoms with Gasteiger partial charge in [-0.1, -0.05) is 22.0 Å². The van der Waals surface area contributed by atoms with Gasteiger partial charge in [0.25, 0.3) is 0 Å². The first-order valence-electron chi connectivity index (χ1n) is 5.48. The standard InChI is InChI=1S/C13H11BrF2N2O/c1-19-12-4-2-3-9(18-12)7-17-13-10(15)5-8(14)6-11(13)16/h2-6,17H,7H2,1H3. The van der Waals surface area contributed by atoms with Gasteiger partial charge in [0.2, 0.25) is 5.88 Å². The fourth-order valence-electron chi connectivity index (χ4n) is 1.56. The Morgan fingerprint density at radius 1 is 1.26 bits per heavy atom. The number of rotatable bonds is 4. The molecule has 0 aliphatic heterocycles. The second-order valence-corrected chi connectivity index (χ2v) is 4.68. The summed E-state index contributed by atoms with van der Waals surface area (Å²) in [5.41, 5.74) is 0.453. The Labute approximate surface area is 117 Å². The minimum Gasteiger partial charge on any atom is -0.481 e. The van der Waals surface area contributed by atoms with E-state index in [1.807, 2.05) is 0 Å². The molecule has 3 nitrogen and oxygen atoms in total. The summed E-state index contributed by atoms with van der Waals surface area (Å²) in [6.45, 7) is 0.201. The molecule has 1 N–H and O–H groups in total. The Kier molecular flexibility index (Phi) is 4.31. The van der Waals surface area contributed by atoms with E-state index in [9.17, 15) is 8.78 Å². The van der Waals surface area contributed by atoms with Gasteiger partial charge in [-0.2, -0.15) is 0 Å². The molecular weight excluding hydrogens is 318 g/mol. The van der Waals surface area contributed by atoms with E-state index in [1.54, 1.807) is 18.2 Å². The van der Waals surface area contributed by atoms with Crippen molar-refractivity contribution < 1.29 is 13.5 Å². The Morgan fingerprint density at radius 2 is 1.95 bits per heavy atom. The molecule has 2 aromatic rings. The number of halogens is 3. The predicted molar refractivity (Wildman–Crippen MR) is 72.2 cm³/mol. The average molecular weight is 329 g/mol. The normalized spacial score (nSPS) is 10.3. The SMILES string of the molecule is COc1cccc(CNc2c(F)cc(Br)cc2F)n1. The van der Waals surface area contributed by atoms with Crippen molar-refractivity contribution in [3.63, 3.8) is 0 Å². The number of pyridine rings is 1. The summed E-state index contributed by atoms with van der Waals surface area (Å²) >= 11 is 3.03. The third kappa shape index (κ3) is 3.41. The third-order valence-corrected chi connectivity index (χ3v) is 2.90. The van der Waals surface area contributed by atoms with Crippen LogP contribution in [0.25, 0.3) is 0 Å². The summed E-state index contributed by atoms with van der Waals surface area (Å²) in [5.74, 6) is -0.861. The van der Waals surface area contributed by atoms with E-state index in [4.69, 9.17) is 4.74 Å². The van der Waals surface area contributed by atoms with Crippen LogP contribution in [0.15, 0.2) is 34.8 Å². The van der Waals surface area contributed by atoms with Gasteiger partial charge in [-0.05, 0) is 18.2 Å². The fourth-order valence-corrected chi connectivity index (χ4v) is 1.96. The van der Waals surface area contributed by atoms with Gasteiger partial charge in [0, 0.05) is 10.5 Å². The number of nitrogens with one attached hydrogen (secondary N) is 1. The zero-order valence-electron chi connectivity index (χ0n) is 10.1. The molecule has 0 saturated heterocycles. The molecule has 0 amide bonds. The van der Waals surface area contributed by atoms with Crippen LogP contribution in [-0.2, 0) is 6.54 Å². The molecular formula is C13H11BrF2N2O. The Morgan fingerprint density at radius 3 is 2.58 bits per heavy atom. The summed E-state index contributed by atoms with van der Waals surface area (Å²) < 4.78 is 32.5.